The molecule has 1 aliphatic heterocycles. The fourth-order valence-corrected chi connectivity index (χ4v) is 7.86. The number of hydrogen-bond donors (Lipinski definition) is 4. The highest BCUT2D eigenvalue weighted by Crippen LogP contribution is 2.45. The summed E-state index contributed by atoms with van der Waals surface area (Å²) in [6.07, 6.45) is 17.4. The molecule has 1 aromatic carbocycles. The lowest BCUT2D eigenvalue weighted by atomic mass is 9.80. The van der Waals surface area contributed by atoms with Gasteiger partial charge < -0.3 is 25.2 Å². The van der Waals surface area contributed by atoms with Crippen molar-refractivity contribution < 1.29 is 34.1 Å². The molecule has 4 N–H and O–H groups in total. The highest BCUT2D eigenvalue weighted by molar-refractivity contribution is 5.83. The van der Waals surface area contributed by atoms with E-state index in [0.717, 1.165) is 61.1 Å². The summed E-state index contributed by atoms with van der Waals surface area (Å²) in [5.74, 6) is -0.414. The van der Waals surface area contributed by atoms with E-state index in [1.807, 2.05) is 65.6 Å². The van der Waals surface area contributed by atoms with Crippen LogP contribution in [0.3, 0.4) is 0 Å². The van der Waals surface area contributed by atoms with E-state index in [1.54, 1.807) is 0 Å². The van der Waals surface area contributed by atoms with Gasteiger partial charge in [0.25, 0.3) is 0 Å². The second-order valence-electron chi connectivity index (χ2n) is 14.0. The van der Waals surface area contributed by atoms with Crippen LogP contribution in [0.25, 0.3) is 0 Å². The SMILES string of the molecule is CC(=O)NCCC1(C(O)NC(CC2=CC=C(N3C(=O)CC(CCC(=O)COC4=CCCC=C4)C3c3ccccc3)CC2)C(=O)O)CCCC1. The summed E-state index contributed by atoms with van der Waals surface area (Å²) in [7, 11) is 0. The predicted octanol–water partition coefficient (Wildman–Crippen LogP) is 5.62. The highest BCUT2D eigenvalue weighted by Gasteiger charge is 2.43. The third-order valence-electron chi connectivity index (χ3n) is 10.5. The van der Waals surface area contributed by atoms with Crippen LogP contribution in [0.5, 0.6) is 0 Å². The summed E-state index contributed by atoms with van der Waals surface area (Å²) >= 11 is 0. The molecule has 3 aliphatic carbocycles. The van der Waals surface area contributed by atoms with Gasteiger partial charge in [0.2, 0.25) is 11.8 Å². The second-order valence-corrected chi connectivity index (χ2v) is 14.0. The monoisotopic (exact) mass is 673 g/mol. The van der Waals surface area contributed by atoms with Gasteiger partial charge in [-0.05, 0) is 87.5 Å². The molecule has 4 aliphatic rings. The lowest BCUT2D eigenvalue weighted by Crippen LogP contribution is -2.52. The Bertz CT molecular complexity index is 1470. The molecule has 0 bridgehead atoms. The number of Topliss-reactive ketones (excluding diaryl/α,β-unsaturated/α-hetero) is 1. The molecular weight excluding hydrogens is 622 g/mol. The zero-order chi connectivity index (χ0) is 34.8. The van der Waals surface area contributed by atoms with Crippen molar-refractivity contribution in [1.29, 1.82) is 0 Å². The number of nitrogens with zero attached hydrogens (tertiary/aromatic N) is 1. The number of carboxylic acids is 1. The Morgan fingerprint density at radius 1 is 1.08 bits per heavy atom. The van der Waals surface area contributed by atoms with Crippen molar-refractivity contribution in [2.45, 2.75) is 109 Å². The lowest BCUT2D eigenvalue weighted by Gasteiger charge is -2.37. The molecule has 1 saturated heterocycles. The zero-order valence-corrected chi connectivity index (χ0v) is 28.6. The molecule has 2 amide bonds. The van der Waals surface area contributed by atoms with Crippen LogP contribution in [-0.4, -0.2) is 64.1 Å². The largest absolute Gasteiger partial charge is 0.486 e. The van der Waals surface area contributed by atoms with E-state index >= 15 is 0 Å². The molecule has 2 fully saturated rings. The third kappa shape index (κ3) is 9.57. The zero-order valence-electron chi connectivity index (χ0n) is 28.6. The molecule has 1 aromatic rings. The van der Waals surface area contributed by atoms with Gasteiger partial charge in [-0.2, -0.15) is 0 Å². The van der Waals surface area contributed by atoms with E-state index in [0.29, 0.717) is 45.1 Å². The third-order valence-corrected chi connectivity index (χ3v) is 10.5. The number of carboxylic acid groups (broad SMARTS) is 1. The smallest absolute Gasteiger partial charge is 0.321 e. The average molecular weight is 674 g/mol. The highest BCUT2D eigenvalue weighted by atomic mass is 16.5. The van der Waals surface area contributed by atoms with Crippen molar-refractivity contribution in [2.24, 2.45) is 11.3 Å². The van der Waals surface area contributed by atoms with Gasteiger partial charge in [0.05, 0.1) is 6.04 Å². The van der Waals surface area contributed by atoms with Gasteiger partial charge in [-0.3, -0.25) is 24.5 Å². The van der Waals surface area contributed by atoms with Crippen molar-refractivity contribution in [1.82, 2.24) is 15.5 Å². The number of carbonyl (C=O) groups is 4. The first-order chi connectivity index (χ1) is 23.6. The van der Waals surface area contributed by atoms with Gasteiger partial charge in [0.1, 0.15) is 24.6 Å². The molecular formula is C39H51N3O7. The number of rotatable bonds is 17. The summed E-state index contributed by atoms with van der Waals surface area (Å²) in [6, 6.07) is 8.77. The van der Waals surface area contributed by atoms with Crippen LogP contribution in [0.4, 0.5) is 0 Å². The molecule has 10 nitrogen and oxygen atoms in total. The molecule has 0 aromatic heterocycles. The van der Waals surface area contributed by atoms with E-state index in [1.165, 1.54) is 6.92 Å². The average Bonchev–Trinajstić information content (AvgIpc) is 3.72. The molecule has 4 unspecified atom stereocenters. The number of ketones is 1. The number of likely N-dealkylation sites (tertiary alicyclic amines) is 1. The van der Waals surface area contributed by atoms with Crippen LogP contribution in [0, 0.1) is 11.3 Å². The number of aliphatic hydroxyl groups excluding tert-OH is 1. The quantitative estimate of drug-likeness (QED) is 0.156. The molecule has 0 radical (unpaired) electrons. The number of aliphatic hydroxyl groups is 1. The van der Waals surface area contributed by atoms with Gasteiger partial charge >= 0.3 is 5.97 Å². The number of benzene rings is 1. The van der Waals surface area contributed by atoms with E-state index in [4.69, 9.17) is 4.74 Å². The molecule has 0 spiro atoms. The number of nitrogens with one attached hydrogen (secondary N) is 2. The van der Waals surface area contributed by atoms with Crippen LogP contribution in [-0.2, 0) is 23.9 Å². The predicted molar refractivity (Wildman–Crippen MR) is 186 cm³/mol. The van der Waals surface area contributed by atoms with Gasteiger partial charge in [0.15, 0.2) is 5.78 Å². The normalized spacial score (nSPS) is 22.9. The summed E-state index contributed by atoms with van der Waals surface area (Å²) in [6.45, 7) is 1.92. The fourth-order valence-electron chi connectivity index (χ4n) is 7.86. The van der Waals surface area contributed by atoms with Crippen molar-refractivity contribution >= 4 is 23.6 Å². The van der Waals surface area contributed by atoms with Crippen molar-refractivity contribution in [3.05, 3.63) is 83.3 Å². The van der Waals surface area contributed by atoms with Crippen molar-refractivity contribution in [2.75, 3.05) is 13.2 Å². The second kappa shape index (κ2) is 17.1. The summed E-state index contributed by atoms with van der Waals surface area (Å²) in [5.41, 5.74) is 2.37. The molecule has 4 atom stereocenters. The Morgan fingerprint density at radius 2 is 1.86 bits per heavy atom. The number of ether oxygens (including phenoxy) is 1. The number of hydrogen-bond acceptors (Lipinski definition) is 7. The minimum Gasteiger partial charge on any atom is -0.486 e. The van der Waals surface area contributed by atoms with Crippen LogP contribution in [0.15, 0.2) is 77.7 Å². The van der Waals surface area contributed by atoms with E-state index in [2.05, 4.69) is 10.6 Å². The van der Waals surface area contributed by atoms with Gasteiger partial charge in [-0.25, -0.2) is 0 Å². The number of allylic oxidation sites excluding steroid dienone is 6. The molecule has 264 valence electrons. The minimum atomic E-state index is -1.03. The summed E-state index contributed by atoms with van der Waals surface area (Å²) in [5, 5.41) is 27.2. The first kappa shape index (κ1) is 36.3. The molecule has 1 saturated carbocycles. The Hall–Kier alpha value is -4.02. The fraction of sp³-hybridized carbons (Fsp3) is 0.538. The van der Waals surface area contributed by atoms with E-state index in [-0.39, 0.29) is 42.6 Å². The Labute approximate surface area is 289 Å². The van der Waals surface area contributed by atoms with Crippen LogP contribution in [0.2, 0.25) is 0 Å². The molecule has 5 rings (SSSR count). The van der Waals surface area contributed by atoms with Crippen molar-refractivity contribution in [3.63, 3.8) is 0 Å². The maximum atomic E-state index is 13.6. The Kier molecular flexibility index (Phi) is 12.6. The number of amides is 2. The van der Waals surface area contributed by atoms with Gasteiger partial charge in [0, 0.05) is 37.4 Å². The maximum absolute atomic E-state index is 13.6. The van der Waals surface area contributed by atoms with Crippen LogP contribution < -0.4 is 10.6 Å². The van der Waals surface area contributed by atoms with Gasteiger partial charge in [-0.1, -0.05) is 60.9 Å². The number of carbonyl (C=O) groups excluding carboxylic acids is 3. The standard InChI is InChI=1S/C39H51N3O7/c1-27(43)40-23-22-39(20-8-9-21-39)38(48)41-34(37(46)47)24-28-14-17-31(18-15-28)42-35(45)25-30(36(42)29-10-4-2-5-11-29)16-19-32(44)26-49-33-12-6-3-7-13-33/h2,4-6,10-14,17,30,34,36,38,41,48H,3,7-9,15-16,18-26H2,1H3,(H,40,43)(H,46,47). The minimum absolute atomic E-state index is 0.0142. The Balaban J connectivity index is 1.24. The summed E-state index contributed by atoms with van der Waals surface area (Å²) < 4.78 is 5.70. The summed E-state index contributed by atoms with van der Waals surface area (Å²) in [4.78, 5) is 52.0. The number of aliphatic carboxylic acids is 1. The van der Waals surface area contributed by atoms with Crippen LogP contribution >= 0.6 is 0 Å². The van der Waals surface area contributed by atoms with Gasteiger partial charge in [-0.15, -0.1) is 0 Å². The topological polar surface area (TPSA) is 145 Å². The maximum Gasteiger partial charge on any atom is 0.321 e. The van der Waals surface area contributed by atoms with Crippen LogP contribution in [0.1, 0.15) is 102 Å². The molecule has 1 heterocycles. The van der Waals surface area contributed by atoms with E-state index < -0.39 is 23.7 Å². The Morgan fingerprint density at radius 3 is 2.51 bits per heavy atom. The lowest BCUT2D eigenvalue weighted by molar-refractivity contribution is -0.141. The molecule has 10 heteroatoms. The van der Waals surface area contributed by atoms with E-state index in [9.17, 15) is 29.4 Å². The van der Waals surface area contributed by atoms with Crippen molar-refractivity contribution in [3.8, 4) is 0 Å². The molecule has 49 heavy (non-hydrogen) atoms. The first-order valence-electron chi connectivity index (χ1n) is 17.8. The first-order valence-corrected chi connectivity index (χ1v) is 17.8.